The molecule has 0 heterocycles. The van der Waals surface area contributed by atoms with Crippen molar-refractivity contribution in [2.45, 2.75) is 25.6 Å². The summed E-state index contributed by atoms with van der Waals surface area (Å²) < 4.78 is 34.4. The second-order valence-electron chi connectivity index (χ2n) is 2.11. The summed E-state index contributed by atoms with van der Waals surface area (Å²) in [6.07, 6.45) is -0.0251. The Morgan fingerprint density at radius 2 is 1.73 bits per heavy atom. The van der Waals surface area contributed by atoms with Crippen LogP contribution in [0.2, 0.25) is 6.32 Å². The Morgan fingerprint density at radius 1 is 1.18 bits per heavy atom. The van der Waals surface area contributed by atoms with Gasteiger partial charge in [0.05, 0.1) is 6.07 Å². The molecule has 0 atom stereocenters. The minimum Gasteiger partial charge on any atom is -0.449 e. The normalized spacial score (nSPS) is 10.0. The number of hydrogen-bond acceptors (Lipinski definition) is 1. The Morgan fingerprint density at radius 3 is 2.09 bits per heavy atom. The number of rotatable bonds is 4. The third kappa shape index (κ3) is 13.9. The van der Waals surface area contributed by atoms with Crippen LogP contribution in [0.25, 0.3) is 0 Å². The van der Waals surface area contributed by atoms with Crippen LogP contribution in [-0.4, -0.2) is 6.98 Å². The fraction of sp³-hybridized carbons (Fsp3) is 0.800. The maximum atomic E-state index is 11.5. The Bertz CT molecular complexity index is 131. The zero-order valence-electron chi connectivity index (χ0n) is 6.49. The largest absolute Gasteiger partial charge is 1.00 e. The molecule has 58 valence electrons. The van der Waals surface area contributed by atoms with E-state index in [1.165, 1.54) is 0 Å². The van der Waals surface area contributed by atoms with Crippen LogP contribution in [0.5, 0.6) is 0 Å². The first-order valence-electron chi connectivity index (χ1n) is 3.14. The van der Waals surface area contributed by atoms with Crippen LogP contribution in [-0.2, 0) is 0 Å². The third-order valence-corrected chi connectivity index (χ3v) is 1.07. The van der Waals surface area contributed by atoms with E-state index < -0.39 is 13.3 Å². The molecule has 0 aliphatic carbocycles. The molecule has 0 spiro atoms. The van der Waals surface area contributed by atoms with Crippen molar-refractivity contribution in [1.29, 1.82) is 5.26 Å². The van der Waals surface area contributed by atoms with E-state index in [0.717, 1.165) is 0 Å². The van der Waals surface area contributed by atoms with Crippen LogP contribution < -0.4 is 51.4 Å². The standard InChI is InChI=1S/C5H8BF3N.K/c7-6(8,9)4-2-1-3-5-10;/h1-4H2;/q-1;+1. The first-order chi connectivity index (χ1) is 4.56. The molecule has 0 fully saturated rings. The van der Waals surface area contributed by atoms with Gasteiger partial charge >= 0.3 is 58.4 Å². The van der Waals surface area contributed by atoms with E-state index in [-0.39, 0.29) is 64.2 Å². The first kappa shape index (κ1) is 14.5. The van der Waals surface area contributed by atoms with Gasteiger partial charge in [-0.1, -0.05) is 12.7 Å². The third-order valence-electron chi connectivity index (χ3n) is 1.07. The number of halogens is 3. The molecule has 0 aliphatic rings. The van der Waals surface area contributed by atoms with Crippen molar-refractivity contribution in [2.75, 3.05) is 0 Å². The van der Waals surface area contributed by atoms with Crippen molar-refractivity contribution in [3.05, 3.63) is 0 Å². The van der Waals surface area contributed by atoms with E-state index in [9.17, 15) is 12.9 Å². The second-order valence-corrected chi connectivity index (χ2v) is 2.11. The van der Waals surface area contributed by atoms with Gasteiger partial charge in [-0.3, -0.25) is 0 Å². The molecule has 11 heavy (non-hydrogen) atoms. The van der Waals surface area contributed by atoms with Gasteiger partial charge in [0.1, 0.15) is 0 Å². The van der Waals surface area contributed by atoms with Crippen LogP contribution in [0, 0.1) is 11.3 Å². The minimum absolute atomic E-state index is 0. The Labute approximate surface area is 107 Å². The van der Waals surface area contributed by atoms with Crippen LogP contribution in [0.3, 0.4) is 0 Å². The Kier molecular flexibility index (Phi) is 10.0. The molecule has 0 saturated carbocycles. The van der Waals surface area contributed by atoms with E-state index in [4.69, 9.17) is 5.26 Å². The molecule has 0 aliphatic heterocycles. The van der Waals surface area contributed by atoms with Gasteiger partial charge < -0.3 is 12.9 Å². The molecular weight excluding hydrogens is 181 g/mol. The maximum absolute atomic E-state index is 11.5. The first-order valence-corrected chi connectivity index (χ1v) is 3.14. The topological polar surface area (TPSA) is 23.8 Å². The zero-order chi connectivity index (χ0) is 8.04. The fourth-order valence-electron chi connectivity index (χ4n) is 0.580. The van der Waals surface area contributed by atoms with Gasteiger partial charge in [0.25, 0.3) is 0 Å². The van der Waals surface area contributed by atoms with Crippen LogP contribution in [0.15, 0.2) is 0 Å². The molecule has 0 saturated heterocycles. The molecule has 0 amide bonds. The summed E-state index contributed by atoms with van der Waals surface area (Å²) in [5, 5.41) is 7.97. The molecule has 0 aromatic rings. The van der Waals surface area contributed by atoms with Gasteiger partial charge in [0, 0.05) is 6.42 Å². The van der Waals surface area contributed by atoms with Crippen molar-refractivity contribution >= 4 is 6.98 Å². The Hall–Kier alpha value is 0.981. The molecule has 0 radical (unpaired) electrons. The van der Waals surface area contributed by atoms with Crippen LogP contribution in [0.1, 0.15) is 19.3 Å². The van der Waals surface area contributed by atoms with Crippen molar-refractivity contribution in [1.82, 2.24) is 0 Å². The molecule has 0 aromatic heterocycles. The van der Waals surface area contributed by atoms with E-state index in [1.54, 1.807) is 6.07 Å². The summed E-state index contributed by atoms with van der Waals surface area (Å²) in [4.78, 5) is 0. The predicted molar refractivity (Wildman–Crippen MR) is 33.3 cm³/mol. The van der Waals surface area contributed by atoms with E-state index >= 15 is 0 Å². The van der Waals surface area contributed by atoms with Crippen LogP contribution >= 0.6 is 0 Å². The van der Waals surface area contributed by atoms with Crippen molar-refractivity contribution in [2.24, 2.45) is 0 Å². The summed E-state index contributed by atoms with van der Waals surface area (Å²) >= 11 is 0. The summed E-state index contributed by atoms with van der Waals surface area (Å²) in [6, 6.07) is 1.79. The zero-order valence-corrected chi connectivity index (χ0v) is 9.61. The van der Waals surface area contributed by atoms with E-state index in [2.05, 4.69) is 0 Å². The average molecular weight is 189 g/mol. The molecule has 0 N–H and O–H groups in total. The average Bonchev–Trinajstić information content (AvgIpc) is 1.78. The smallest absolute Gasteiger partial charge is 0.449 e. The SMILES string of the molecule is N#CCCCC[B-](F)(F)F.[K+]. The summed E-state index contributed by atoms with van der Waals surface area (Å²) in [5.41, 5.74) is 0. The molecule has 0 aromatic carbocycles. The molecule has 1 nitrogen and oxygen atoms in total. The van der Waals surface area contributed by atoms with Gasteiger partial charge in [-0.2, -0.15) is 5.26 Å². The van der Waals surface area contributed by atoms with E-state index in [1.807, 2.05) is 0 Å². The molecular formula is C5H8BF3KN. The predicted octanol–water partition coefficient (Wildman–Crippen LogP) is -0.468. The Balaban J connectivity index is 0. The minimum atomic E-state index is -4.63. The van der Waals surface area contributed by atoms with Gasteiger partial charge in [0.15, 0.2) is 0 Å². The van der Waals surface area contributed by atoms with Crippen molar-refractivity contribution in [3.63, 3.8) is 0 Å². The summed E-state index contributed by atoms with van der Waals surface area (Å²) in [7, 11) is 0. The summed E-state index contributed by atoms with van der Waals surface area (Å²) in [6.45, 7) is -4.63. The van der Waals surface area contributed by atoms with Gasteiger partial charge in [-0.25, -0.2) is 0 Å². The van der Waals surface area contributed by atoms with Crippen LogP contribution in [0.4, 0.5) is 12.9 Å². The van der Waals surface area contributed by atoms with E-state index in [0.29, 0.717) is 6.42 Å². The quantitative estimate of drug-likeness (QED) is 0.433. The van der Waals surface area contributed by atoms with Crippen molar-refractivity contribution in [3.8, 4) is 6.07 Å². The molecule has 0 rings (SSSR count). The second kappa shape index (κ2) is 7.62. The van der Waals surface area contributed by atoms with Crippen molar-refractivity contribution < 1.29 is 64.3 Å². The molecule has 0 unspecified atom stereocenters. The maximum Gasteiger partial charge on any atom is 1.00 e. The monoisotopic (exact) mass is 189 g/mol. The van der Waals surface area contributed by atoms with Gasteiger partial charge in [-0.15, -0.1) is 0 Å². The number of hydrogen-bond donors (Lipinski definition) is 0. The molecule has 6 heteroatoms. The molecule has 0 bridgehead atoms. The number of unbranched alkanes of at least 4 members (excludes halogenated alkanes) is 2. The summed E-state index contributed by atoms with van der Waals surface area (Å²) in [5.74, 6) is 0. The fourth-order valence-corrected chi connectivity index (χ4v) is 0.580. The number of nitrogens with zero attached hydrogens (tertiary/aromatic N) is 1. The number of nitriles is 1. The van der Waals surface area contributed by atoms with Gasteiger partial charge in [0.2, 0.25) is 0 Å². The van der Waals surface area contributed by atoms with Gasteiger partial charge in [-0.05, 0) is 6.42 Å².